The Bertz CT molecular complexity index is 771. The number of carbonyl (C=O) groups is 1. The maximum Gasteiger partial charge on any atom is 0.387 e. The van der Waals surface area contributed by atoms with Gasteiger partial charge in [0.1, 0.15) is 5.56 Å². The minimum Gasteiger partial charge on any atom is -0.493 e. The van der Waals surface area contributed by atoms with Gasteiger partial charge in [0.25, 0.3) is 11.6 Å². The van der Waals surface area contributed by atoms with E-state index in [1.54, 1.807) is 18.2 Å². The van der Waals surface area contributed by atoms with E-state index < -0.39 is 28.9 Å². The lowest BCUT2D eigenvalue weighted by Crippen LogP contribution is -2.24. The number of carbonyl (C=O) groups excluding carboxylic acids is 1. The lowest BCUT2D eigenvalue weighted by Gasteiger charge is -2.12. The average Bonchev–Trinajstić information content (AvgIpc) is 2.59. The van der Waals surface area contributed by atoms with E-state index in [0.29, 0.717) is 5.69 Å². The largest absolute Gasteiger partial charge is 0.493 e. The summed E-state index contributed by atoms with van der Waals surface area (Å²) in [4.78, 5) is 26.6. The molecule has 0 aliphatic rings. The average molecular weight is 353 g/mol. The molecule has 1 aromatic heterocycles. The molecule has 1 aromatic carbocycles. The lowest BCUT2D eigenvalue weighted by atomic mass is 10.1. The van der Waals surface area contributed by atoms with Crippen LogP contribution in [0.1, 0.15) is 16.1 Å². The standard InChI is InChI=1S/C15H13F2N3O5/c1-24-12-6-10(11(20(22)23)7-13(12)25-15(16)17)14(21)19-8-9-4-2-3-5-18-9/h2-7,15H,8H2,1H3,(H,19,21). The molecular formula is C15H13F2N3O5. The number of methoxy groups -OCH3 is 1. The SMILES string of the molecule is COc1cc(C(=O)NCc2ccccn2)c([N+](=O)[O-])cc1OC(F)F. The number of hydrogen-bond acceptors (Lipinski definition) is 6. The van der Waals surface area contributed by atoms with Gasteiger partial charge in [-0.2, -0.15) is 8.78 Å². The first-order chi connectivity index (χ1) is 11.9. The predicted molar refractivity (Wildman–Crippen MR) is 81.7 cm³/mol. The molecule has 2 rings (SSSR count). The number of alkyl halides is 2. The third-order valence-electron chi connectivity index (χ3n) is 3.10. The van der Waals surface area contributed by atoms with Gasteiger partial charge in [-0.3, -0.25) is 19.9 Å². The number of ether oxygens (including phenoxy) is 2. The lowest BCUT2D eigenvalue weighted by molar-refractivity contribution is -0.385. The minimum atomic E-state index is -3.20. The summed E-state index contributed by atoms with van der Waals surface area (Å²) in [7, 11) is 1.16. The molecule has 25 heavy (non-hydrogen) atoms. The van der Waals surface area contributed by atoms with Gasteiger partial charge in [-0.05, 0) is 12.1 Å². The Kier molecular flexibility index (Phi) is 5.77. The quantitative estimate of drug-likeness (QED) is 0.606. The Morgan fingerprint density at radius 1 is 1.36 bits per heavy atom. The van der Waals surface area contributed by atoms with Crippen molar-refractivity contribution in [1.82, 2.24) is 10.3 Å². The zero-order valence-corrected chi connectivity index (χ0v) is 12.9. The van der Waals surface area contributed by atoms with E-state index in [2.05, 4.69) is 15.0 Å². The molecular weight excluding hydrogens is 340 g/mol. The summed E-state index contributed by atoms with van der Waals surface area (Å²) in [5.41, 5.74) is -0.488. The number of hydrogen-bond donors (Lipinski definition) is 1. The van der Waals surface area contributed by atoms with Crippen LogP contribution in [0.25, 0.3) is 0 Å². The monoisotopic (exact) mass is 353 g/mol. The molecule has 10 heteroatoms. The smallest absolute Gasteiger partial charge is 0.387 e. The summed E-state index contributed by atoms with van der Waals surface area (Å²) >= 11 is 0. The number of nitro groups is 1. The van der Waals surface area contributed by atoms with Crippen LogP contribution in [-0.4, -0.2) is 29.5 Å². The van der Waals surface area contributed by atoms with Crippen LogP contribution in [0.4, 0.5) is 14.5 Å². The Morgan fingerprint density at radius 3 is 2.68 bits per heavy atom. The van der Waals surface area contributed by atoms with Gasteiger partial charge in [0.2, 0.25) is 0 Å². The summed E-state index contributed by atoms with van der Waals surface area (Å²) in [5.74, 6) is -1.54. The summed E-state index contributed by atoms with van der Waals surface area (Å²) in [6.45, 7) is -3.16. The molecule has 0 spiro atoms. The molecule has 1 amide bonds. The van der Waals surface area contributed by atoms with Crippen molar-refractivity contribution in [2.45, 2.75) is 13.2 Å². The van der Waals surface area contributed by atoms with Gasteiger partial charge in [-0.1, -0.05) is 6.07 Å². The molecule has 1 N–H and O–H groups in total. The Morgan fingerprint density at radius 2 is 2.12 bits per heavy atom. The van der Waals surface area contributed by atoms with Gasteiger partial charge in [-0.15, -0.1) is 0 Å². The van der Waals surface area contributed by atoms with Gasteiger partial charge in [-0.25, -0.2) is 0 Å². The van der Waals surface area contributed by atoms with Crippen molar-refractivity contribution in [3.8, 4) is 11.5 Å². The molecule has 0 unspecified atom stereocenters. The highest BCUT2D eigenvalue weighted by atomic mass is 19.3. The normalized spacial score (nSPS) is 10.4. The van der Waals surface area contributed by atoms with Crippen molar-refractivity contribution >= 4 is 11.6 Å². The van der Waals surface area contributed by atoms with Crippen LogP contribution < -0.4 is 14.8 Å². The molecule has 0 saturated carbocycles. The first kappa shape index (κ1) is 18.0. The maximum atomic E-state index is 12.4. The van der Waals surface area contributed by atoms with Gasteiger partial charge >= 0.3 is 6.61 Å². The highest BCUT2D eigenvalue weighted by Gasteiger charge is 2.25. The summed E-state index contributed by atoms with van der Waals surface area (Å²) in [6, 6.07) is 6.78. The number of nitrogens with one attached hydrogen (secondary N) is 1. The Balaban J connectivity index is 2.31. The molecule has 0 aliphatic heterocycles. The number of nitro benzene ring substituents is 1. The van der Waals surface area contributed by atoms with Gasteiger partial charge in [0.05, 0.1) is 30.3 Å². The Hall–Kier alpha value is -3.30. The van der Waals surface area contributed by atoms with Gasteiger partial charge < -0.3 is 14.8 Å². The van der Waals surface area contributed by atoms with E-state index >= 15 is 0 Å². The van der Waals surface area contributed by atoms with Crippen molar-refractivity contribution in [2.75, 3.05) is 7.11 Å². The van der Waals surface area contributed by atoms with Crippen LogP contribution in [0.2, 0.25) is 0 Å². The van der Waals surface area contributed by atoms with Crippen molar-refractivity contribution in [1.29, 1.82) is 0 Å². The van der Waals surface area contributed by atoms with Crippen LogP contribution >= 0.6 is 0 Å². The summed E-state index contributed by atoms with van der Waals surface area (Å²) in [5, 5.41) is 13.6. The van der Waals surface area contributed by atoms with Gasteiger partial charge in [0.15, 0.2) is 11.5 Å². The van der Waals surface area contributed by atoms with Crippen LogP contribution in [0.5, 0.6) is 11.5 Å². The number of aromatic nitrogens is 1. The third-order valence-corrected chi connectivity index (χ3v) is 3.10. The fourth-order valence-electron chi connectivity index (χ4n) is 2.00. The molecule has 0 saturated heterocycles. The zero-order valence-electron chi connectivity index (χ0n) is 12.9. The fraction of sp³-hybridized carbons (Fsp3) is 0.200. The molecule has 0 atom stereocenters. The molecule has 0 aliphatic carbocycles. The van der Waals surface area contributed by atoms with E-state index in [-0.39, 0.29) is 17.9 Å². The minimum absolute atomic E-state index is 0.0361. The van der Waals surface area contributed by atoms with Crippen molar-refractivity contribution in [3.63, 3.8) is 0 Å². The van der Waals surface area contributed by atoms with Crippen molar-refractivity contribution in [3.05, 3.63) is 57.9 Å². The van der Waals surface area contributed by atoms with Crippen molar-refractivity contribution in [2.24, 2.45) is 0 Å². The zero-order chi connectivity index (χ0) is 18.4. The second-order valence-corrected chi connectivity index (χ2v) is 4.66. The third kappa shape index (κ3) is 4.59. The first-order valence-corrected chi connectivity index (χ1v) is 6.91. The molecule has 132 valence electrons. The number of nitrogens with zero attached hydrogens (tertiary/aromatic N) is 2. The fourth-order valence-corrected chi connectivity index (χ4v) is 2.00. The van der Waals surface area contributed by atoms with E-state index in [4.69, 9.17) is 4.74 Å². The van der Waals surface area contributed by atoms with Crippen LogP contribution in [0.3, 0.4) is 0 Å². The van der Waals surface area contributed by atoms with E-state index in [9.17, 15) is 23.7 Å². The van der Waals surface area contributed by atoms with Gasteiger partial charge in [0, 0.05) is 12.3 Å². The second kappa shape index (κ2) is 7.99. The summed E-state index contributed by atoms with van der Waals surface area (Å²) < 4.78 is 33.9. The van der Waals surface area contributed by atoms with E-state index in [0.717, 1.165) is 19.2 Å². The van der Waals surface area contributed by atoms with Crippen LogP contribution in [0, 0.1) is 10.1 Å². The Labute approximate surface area is 140 Å². The number of halogens is 2. The summed E-state index contributed by atoms with van der Waals surface area (Å²) in [6.07, 6.45) is 1.53. The molecule has 0 fully saturated rings. The van der Waals surface area contributed by atoms with Crippen molar-refractivity contribution < 1.29 is 28.0 Å². The highest BCUT2D eigenvalue weighted by molar-refractivity contribution is 5.99. The number of amides is 1. The topological polar surface area (TPSA) is 104 Å². The molecule has 0 bridgehead atoms. The molecule has 2 aromatic rings. The van der Waals surface area contributed by atoms with Crippen LogP contribution in [-0.2, 0) is 6.54 Å². The molecule has 8 nitrogen and oxygen atoms in total. The second-order valence-electron chi connectivity index (χ2n) is 4.66. The van der Waals surface area contributed by atoms with E-state index in [1.807, 2.05) is 0 Å². The number of pyridine rings is 1. The number of benzene rings is 1. The molecule has 0 radical (unpaired) electrons. The van der Waals surface area contributed by atoms with E-state index in [1.165, 1.54) is 6.20 Å². The molecule has 1 heterocycles. The highest BCUT2D eigenvalue weighted by Crippen LogP contribution is 2.35. The first-order valence-electron chi connectivity index (χ1n) is 6.91. The predicted octanol–water partition coefficient (Wildman–Crippen LogP) is 2.53. The van der Waals surface area contributed by atoms with Crippen LogP contribution in [0.15, 0.2) is 36.5 Å². The number of rotatable bonds is 7. The maximum absolute atomic E-state index is 12.4.